The van der Waals surface area contributed by atoms with Crippen LogP contribution in [0, 0.1) is 0 Å². The normalized spacial score (nSPS) is 19.2. The van der Waals surface area contributed by atoms with Gasteiger partial charge in [0.1, 0.15) is 5.82 Å². The Balaban J connectivity index is 1.98. The number of rotatable bonds is 8. The quantitative estimate of drug-likeness (QED) is 0.723. The molecule has 7 heteroatoms. The van der Waals surface area contributed by atoms with Crippen molar-refractivity contribution in [2.75, 3.05) is 29.5 Å². The predicted octanol–water partition coefficient (Wildman–Crippen LogP) is 2.01. The lowest BCUT2D eigenvalue weighted by atomic mass is 10.2. The fraction of sp³-hybridized carbons (Fsp3) is 0.647. The van der Waals surface area contributed by atoms with Crippen molar-refractivity contribution < 1.29 is 13.2 Å². The fourth-order valence-corrected chi connectivity index (χ4v) is 4.73. The number of pyridine rings is 1. The summed E-state index contributed by atoms with van der Waals surface area (Å²) in [4.78, 5) is 18.4. The number of carbonyl (C=O) groups is 1. The van der Waals surface area contributed by atoms with Crippen LogP contribution in [0.2, 0.25) is 0 Å². The highest BCUT2D eigenvalue weighted by Crippen LogP contribution is 2.22. The largest absolute Gasteiger partial charge is 0.353 e. The lowest BCUT2D eigenvalue weighted by Gasteiger charge is -2.27. The van der Waals surface area contributed by atoms with Gasteiger partial charge in [-0.15, -0.1) is 0 Å². The van der Waals surface area contributed by atoms with Crippen molar-refractivity contribution in [3.63, 3.8) is 0 Å². The van der Waals surface area contributed by atoms with Crippen LogP contribution in [0.25, 0.3) is 0 Å². The molecule has 1 aromatic heterocycles. The molecule has 1 saturated heterocycles. The summed E-state index contributed by atoms with van der Waals surface area (Å²) in [6, 6.07) is 3.53. The van der Waals surface area contributed by atoms with E-state index in [1.54, 1.807) is 18.3 Å². The first-order valence-corrected chi connectivity index (χ1v) is 10.5. The van der Waals surface area contributed by atoms with E-state index in [1.807, 2.05) is 11.8 Å². The molecule has 0 radical (unpaired) electrons. The van der Waals surface area contributed by atoms with Crippen LogP contribution in [0.3, 0.4) is 0 Å². The molecule has 0 bridgehead atoms. The highest BCUT2D eigenvalue weighted by Gasteiger charge is 2.32. The number of hydrogen-bond acceptors (Lipinski definition) is 5. The first-order chi connectivity index (χ1) is 11.5. The number of sulfone groups is 1. The number of nitrogens with one attached hydrogen (secondary N) is 1. The van der Waals surface area contributed by atoms with E-state index in [0.717, 1.165) is 25.1 Å². The molecule has 1 unspecified atom stereocenters. The third kappa shape index (κ3) is 4.93. The number of amides is 1. The molecule has 0 saturated carbocycles. The van der Waals surface area contributed by atoms with Crippen LogP contribution in [0.15, 0.2) is 18.3 Å². The van der Waals surface area contributed by atoms with Gasteiger partial charge >= 0.3 is 0 Å². The zero-order chi connectivity index (χ0) is 17.6. The summed E-state index contributed by atoms with van der Waals surface area (Å²) in [6.45, 7) is 5.48. The monoisotopic (exact) mass is 353 g/mol. The summed E-state index contributed by atoms with van der Waals surface area (Å²) in [5.74, 6) is 1.04. The van der Waals surface area contributed by atoms with Gasteiger partial charge in [0.25, 0.3) is 5.91 Å². The van der Waals surface area contributed by atoms with Gasteiger partial charge in [0, 0.05) is 25.3 Å². The number of aromatic nitrogens is 1. The summed E-state index contributed by atoms with van der Waals surface area (Å²) < 4.78 is 23.4. The molecule has 1 amide bonds. The summed E-state index contributed by atoms with van der Waals surface area (Å²) in [5, 5.41) is 2.89. The Morgan fingerprint density at radius 2 is 2.12 bits per heavy atom. The van der Waals surface area contributed by atoms with Gasteiger partial charge in [-0.25, -0.2) is 13.4 Å². The SMILES string of the molecule is CCCCCNC(=O)c1ccc(N(CC)C2CCS(=O)(=O)C2)nc1. The van der Waals surface area contributed by atoms with Crippen molar-refractivity contribution >= 4 is 21.6 Å². The average molecular weight is 353 g/mol. The van der Waals surface area contributed by atoms with Crippen LogP contribution in [0.5, 0.6) is 0 Å². The molecule has 2 heterocycles. The highest BCUT2D eigenvalue weighted by atomic mass is 32.2. The molecule has 1 N–H and O–H groups in total. The Labute approximate surface area is 144 Å². The van der Waals surface area contributed by atoms with E-state index < -0.39 is 9.84 Å². The van der Waals surface area contributed by atoms with E-state index in [4.69, 9.17) is 0 Å². The molecule has 1 atom stereocenters. The molecule has 1 aromatic rings. The van der Waals surface area contributed by atoms with E-state index >= 15 is 0 Å². The molecular formula is C17H27N3O3S. The topological polar surface area (TPSA) is 79.4 Å². The molecule has 134 valence electrons. The van der Waals surface area contributed by atoms with E-state index in [9.17, 15) is 13.2 Å². The van der Waals surface area contributed by atoms with Crippen LogP contribution in [-0.2, 0) is 9.84 Å². The molecule has 6 nitrogen and oxygen atoms in total. The summed E-state index contributed by atoms with van der Waals surface area (Å²) >= 11 is 0. The van der Waals surface area contributed by atoms with Crippen molar-refractivity contribution in [3.05, 3.63) is 23.9 Å². The zero-order valence-electron chi connectivity index (χ0n) is 14.5. The summed E-state index contributed by atoms with van der Waals surface area (Å²) in [6.07, 6.45) is 5.41. The number of unbranched alkanes of at least 4 members (excludes halogenated alkanes) is 2. The van der Waals surface area contributed by atoms with Crippen LogP contribution in [-0.4, -0.2) is 49.9 Å². The molecule has 0 spiro atoms. The Morgan fingerprint density at radius 1 is 1.33 bits per heavy atom. The zero-order valence-corrected chi connectivity index (χ0v) is 15.3. The summed E-state index contributed by atoms with van der Waals surface area (Å²) in [5.41, 5.74) is 0.533. The van der Waals surface area contributed by atoms with Crippen LogP contribution in [0.1, 0.15) is 49.9 Å². The molecular weight excluding hydrogens is 326 g/mol. The maximum atomic E-state index is 12.1. The molecule has 2 rings (SSSR count). The van der Waals surface area contributed by atoms with Crippen molar-refractivity contribution in [1.29, 1.82) is 0 Å². The number of hydrogen-bond donors (Lipinski definition) is 1. The van der Waals surface area contributed by atoms with Crippen molar-refractivity contribution in [3.8, 4) is 0 Å². The van der Waals surface area contributed by atoms with Gasteiger partial charge in [-0.1, -0.05) is 19.8 Å². The van der Waals surface area contributed by atoms with Gasteiger partial charge in [0.2, 0.25) is 0 Å². The van der Waals surface area contributed by atoms with Gasteiger partial charge in [0.05, 0.1) is 17.1 Å². The van der Waals surface area contributed by atoms with Gasteiger partial charge in [-0.2, -0.15) is 0 Å². The van der Waals surface area contributed by atoms with Crippen LogP contribution < -0.4 is 10.2 Å². The van der Waals surface area contributed by atoms with Crippen LogP contribution in [0.4, 0.5) is 5.82 Å². The first kappa shape index (κ1) is 18.7. The van der Waals surface area contributed by atoms with Crippen LogP contribution >= 0.6 is 0 Å². The van der Waals surface area contributed by atoms with Crippen molar-refractivity contribution in [2.24, 2.45) is 0 Å². The second-order valence-corrected chi connectivity index (χ2v) is 8.44. The number of anilines is 1. The fourth-order valence-electron chi connectivity index (χ4n) is 3.00. The highest BCUT2D eigenvalue weighted by molar-refractivity contribution is 7.91. The molecule has 0 aromatic carbocycles. The minimum absolute atomic E-state index is 0.0266. The molecule has 1 aliphatic heterocycles. The van der Waals surface area contributed by atoms with Crippen molar-refractivity contribution in [2.45, 2.75) is 45.6 Å². The Morgan fingerprint density at radius 3 is 2.67 bits per heavy atom. The number of nitrogens with zero attached hydrogens (tertiary/aromatic N) is 2. The van der Waals surface area contributed by atoms with E-state index in [0.29, 0.717) is 25.1 Å². The Hall–Kier alpha value is -1.63. The van der Waals surface area contributed by atoms with Gasteiger partial charge < -0.3 is 10.2 Å². The van der Waals surface area contributed by atoms with E-state index in [1.165, 1.54) is 0 Å². The lowest BCUT2D eigenvalue weighted by molar-refractivity contribution is 0.0952. The molecule has 1 fully saturated rings. The second-order valence-electron chi connectivity index (χ2n) is 6.21. The maximum absolute atomic E-state index is 12.1. The number of carbonyl (C=O) groups excluding carboxylic acids is 1. The summed E-state index contributed by atoms with van der Waals surface area (Å²) in [7, 11) is -2.93. The van der Waals surface area contributed by atoms with Gasteiger partial charge in [0.15, 0.2) is 9.84 Å². The molecule has 24 heavy (non-hydrogen) atoms. The minimum atomic E-state index is -2.93. The van der Waals surface area contributed by atoms with Gasteiger partial charge in [-0.05, 0) is 31.9 Å². The predicted molar refractivity (Wildman–Crippen MR) is 96.2 cm³/mol. The second kappa shape index (κ2) is 8.46. The Kier molecular flexibility index (Phi) is 6.60. The van der Waals surface area contributed by atoms with Crippen molar-refractivity contribution in [1.82, 2.24) is 10.3 Å². The average Bonchev–Trinajstić information content (AvgIpc) is 2.92. The Bertz CT molecular complexity index is 644. The minimum Gasteiger partial charge on any atom is -0.353 e. The maximum Gasteiger partial charge on any atom is 0.252 e. The van der Waals surface area contributed by atoms with E-state index in [-0.39, 0.29) is 23.5 Å². The first-order valence-electron chi connectivity index (χ1n) is 8.68. The van der Waals surface area contributed by atoms with Gasteiger partial charge in [-0.3, -0.25) is 4.79 Å². The smallest absolute Gasteiger partial charge is 0.252 e. The standard InChI is InChI=1S/C17H27N3O3S/c1-3-5-6-10-18-17(21)14-7-8-16(19-12-14)20(4-2)15-9-11-24(22,23)13-15/h7-8,12,15H,3-6,9-11,13H2,1-2H3,(H,18,21). The lowest BCUT2D eigenvalue weighted by Crippen LogP contribution is -2.36. The van der Waals surface area contributed by atoms with E-state index in [2.05, 4.69) is 17.2 Å². The molecule has 1 aliphatic rings. The third-order valence-electron chi connectivity index (χ3n) is 4.36. The third-order valence-corrected chi connectivity index (χ3v) is 6.11. The molecule has 0 aliphatic carbocycles.